The second-order valence-electron chi connectivity index (χ2n) is 5.73. The zero-order valence-electron chi connectivity index (χ0n) is 13.9. The first-order valence-electron chi connectivity index (χ1n) is 7.93. The first-order valence-corrected chi connectivity index (χ1v) is 8.81. The Bertz CT molecular complexity index is 724. The van der Waals surface area contributed by atoms with Gasteiger partial charge in [0.05, 0.1) is 14.2 Å². The van der Waals surface area contributed by atoms with Gasteiger partial charge in [0, 0.05) is 30.0 Å². The number of nitrogens with zero attached hydrogens (tertiary/aromatic N) is 1. The minimum absolute atomic E-state index is 0.0591. The van der Waals surface area contributed by atoms with Gasteiger partial charge in [-0.25, -0.2) is 0 Å². The van der Waals surface area contributed by atoms with Crippen molar-refractivity contribution in [2.45, 2.75) is 12.3 Å². The van der Waals surface area contributed by atoms with Gasteiger partial charge in [0.2, 0.25) is 5.91 Å². The van der Waals surface area contributed by atoms with Crippen LogP contribution in [0, 0.1) is 0 Å². The molecule has 1 amide bonds. The zero-order valence-corrected chi connectivity index (χ0v) is 14.7. The van der Waals surface area contributed by atoms with Crippen LogP contribution in [0.25, 0.3) is 6.08 Å². The molecule has 0 saturated carbocycles. The molecule has 1 atom stereocenters. The molecule has 0 radical (unpaired) electrons. The maximum absolute atomic E-state index is 12.4. The number of rotatable bonds is 5. The van der Waals surface area contributed by atoms with Crippen molar-refractivity contribution in [3.63, 3.8) is 0 Å². The molecule has 0 bridgehead atoms. The SMILES string of the molecule is COc1ccc(C=CC(=O)N2CCC(c3cccs3)C2)cc1OC. The van der Waals surface area contributed by atoms with E-state index in [1.54, 1.807) is 31.6 Å². The molecule has 126 valence electrons. The molecule has 3 rings (SSSR count). The lowest BCUT2D eigenvalue weighted by Crippen LogP contribution is -2.26. The Kier molecular flexibility index (Phi) is 5.20. The average Bonchev–Trinajstić information content (AvgIpc) is 3.30. The fraction of sp³-hybridized carbons (Fsp3) is 0.316. The molecule has 0 spiro atoms. The molecule has 0 N–H and O–H groups in total. The van der Waals surface area contributed by atoms with E-state index in [0.717, 1.165) is 25.1 Å². The minimum atomic E-state index is 0.0591. The van der Waals surface area contributed by atoms with Crippen LogP contribution in [0.2, 0.25) is 0 Å². The van der Waals surface area contributed by atoms with Gasteiger partial charge in [0.1, 0.15) is 0 Å². The molecule has 2 aromatic rings. The minimum Gasteiger partial charge on any atom is -0.493 e. The Morgan fingerprint density at radius 1 is 1.25 bits per heavy atom. The number of hydrogen-bond donors (Lipinski definition) is 0. The Morgan fingerprint density at radius 3 is 2.79 bits per heavy atom. The van der Waals surface area contributed by atoms with Crippen molar-refractivity contribution in [3.05, 3.63) is 52.2 Å². The Labute approximate surface area is 146 Å². The van der Waals surface area contributed by atoms with Crippen molar-refractivity contribution >= 4 is 23.3 Å². The van der Waals surface area contributed by atoms with Gasteiger partial charge < -0.3 is 14.4 Å². The van der Waals surface area contributed by atoms with Crippen LogP contribution >= 0.6 is 11.3 Å². The van der Waals surface area contributed by atoms with Gasteiger partial charge in [-0.2, -0.15) is 0 Å². The second kappa shape index (κ2) is 7.53. The van der Waals surface area contributed by atoms with Crippen LogP contribution in [0.4, 0.5) is 0 Å². The summed E-state index contributed by atoms with van der Waals surface area (Å²) in [5.41, 5.74) is 0.912. The average molecular weight is 343 g/mol. The lowest BCUT2D eigenvalue weighted by atomic mass is 10.1. The highest BCUT2D eigenvalue weighted by atomic mass is 32.1. The standard InChI is InChI=1S/C19H21NO3S/c1-22-16-7-5-14(12-17(16)23-2)6-8-19(21)20-10-9-15(13-20)18-4-3-11-24-18/h3-8,11-12,15H,9-10,13H2,1-2H3. The molecule has 5 heteroatoms. The van der Waals surface area contributed by atoms with Gasteiger partial charge in [0.15, 0.2) is 11.5 Å². The Hall–Kier alpha value is -2.27. The van der Waals surface area contributed by atoms with E-state index in [9.17, 15) is 4.79 Å². The predicted molar refractivity (Wildman–Crippen MR) is 96.8 cm³/mol. The Balaban J connectivity index is 1.63. The summed E-state index contributed by atoms with van der Waals surface area (Å²) >= 11 is 1.77. The number of amides is 1. The van der Waals surface area contributed by atoms with Crippen molar-refractivity contribution in [3.8, 4) is 11.5 Å². The molecule has 1 aromatic heterocycles. The maximum Gasteiger partial charge on any atom is 0.246 e. The van der Waals surface area contributed by atoms with Crippen molar-refractivity contribution in [1.29, 1.82) is 0 Å². The second-order valence-corrected chi connectivity index (χ2v) is 6.71. The van der Waals surface area contributed by atoms with Crippen LogP contribution < -0.4 is 9.47 Å². The lowest BCUT2D eigenvalue weighted by molar-refractivity contribution is -0.124. The zero-order chi connectivity index (χ0) is 16.9. The number of likely N-dealkylation sites (tertiary alicyclic amines) is 1. The number of hydrogen-bond acceptors (Lipinski definition) is 4. The van der Waals surface area contributed by atoms with E-state index in [0.29, 0.717) is 17.4 Å². The molecular weight excluding hydrogens is 322 g/mol. The largest absolute Gasteiger partial charge is 0.493 e. The van der Waals surface area contributed by atoms with Gasteiger partial charge in [-0.05, 0) is 41.6 Å². The fourth-order valence-electron chi connectivity index (χ4n) is 2.95. The normalized spacial score (nSPS) is 17.4. The van der Waals surface area contributed by atoms with Crippen LogP contribution in [0.15, 0.2) is 41.8 Å². The number of carbonyl (C=O) groups is 1. The molecule has 1 saturated heterocycles. The summed E-state index contributed by atoms with van der Waals surface area (Å²) in [6.07, 6.45) is 4.50. The van der Waals surface area contributed by atoms with Crippen molar-refractivity contribution in [2.75, 3.05) is 27.3 Å². The third kappa shape index (κ3) is 3.62. The monoisotopic (exact) mass is 343 g/mol. The summed E-state index contributed by atoms with van der Waals surface area (Å²) in [6, 6.07) is 9.83. The van der Waals surface area contributed by atoms with E-state index in [-0.39, 0.29) is 5.91 Å². The summed E-state index contributed by atoms with van der Waals surface area (Å²) in [4.78, 5) is 15.7. The van der Waals surface area contributed by atoms with E-state index in [2.05, 4.69) is 17.5 Å². The van der Waals surface area contributed by atoms with Crippen LogP contribution in [-0.4, -0.2) is 38.1 Å². The molecule has 0 aliphatic carbocycles. The van der Waals surface area contributed by atoms with Crippen LogP contribution in [-0.2, 0) is 4.79 Å². The predicted octanol–water partition coefficient (Wildman–Crippen LogP) is 3.79. The Morgan fingerprint density at radius 2 is 2.08 bits per heavy atom. The molecule has 1 aliphatic heterocycles. The van der Waals surface area contributed by atoms with E-state index in [1.807, 2.05) is 29.2 Å². The lowest BCUT2D eigenvalue weighted by Gasteiger charge is -2.14. The van der Waals surface area contributed by atoms with Crippen LogP contribution in [0.1, 0.15) is 22.8 Å². The number of methoxy groups -OCH3 is 2. The summed E-state index contributed by atoms with van der Waals surface area (Å²) in [5.74, 6) is 1.87. The molecule has 1 unspecified atom stereocenters. The molecule has 1 fully saturated rings. The maximum atomic E-state index is 12.4. The number of thiophene rings is 1. The van der Waals surface area contributed by atoms with Gasteiger partial charge in [0.25, 0.3) is 0 Å². The summed E-state index contributed by atoms with van der Waals surface area (Å²) < 4.78 is 10.5. The highest BCUT2D eigenvalue weighted by molar-refractivity contribution is 7.10. The van der Waals surface area contributed by atoms with Crippen molar-refractivity contribution in [2.24, 2.45) is 0 Å². The van der Waals surface area contributed by atoms with Crippen molar-refractivity contribution in [1.82, 2.24) is 4.90 Å². The van der Waals surface area contributed by atoms with Gasteiger partial charge in [-0.15, -0.1) is 11.3 Å². The van der Waals surface area contributed by atoms with Crippen LogP contribution in [0.3, 0.4) is 0 Å². The molecule has 4 nitrogen and oxygen atoms in total. The molecule has 24 heavy (non-hydrogen) atoms. The summed E-state index contributed by atoms with van der Waals surface area (Å²) in [5, 5.41) is 2.09. The fourth-order valence-corrected chi connectivity index (χ4v) is 3.80. The first kappa shape index (κ1) is 16.6. The third-order valence-electron chi connectivity index (χ3n) is 4.27. The van der Waals surface area contributed by atoms with E-state index in [1.165, 1.54) is 4.88 Å². The first-order chi connectivity index (χ1) is 11.7. The third-order valence-corrected chi connectivity index (χ3v) is 5.31. The topological polar surface area (TPSA) is 38.8 Å². The van der Waals surface area contributed by atoms with E-state index < -0.39 is 0 Å². The molecule has 1 aromatic carbocycles. The van der Waals surface area contributed by atoms with Gasteiger partial charge >= 0.3 is 0 Å². The summed E-state index contributed by atoms with van der Waals surface area (Å²) in [7, 11) is 3.21. The van der Waals surface area contributed by atoms with E-state index >= 15 is 0 Å². The number of benzene rings is 1. The van der Waals surface area contributed by atoms with Crippen molar-refractivity contribution < 1.29 is 14.3 Å². The highest BCUT2D eigenvalue weighted by Crippen LogP contribution is 2.31. The molecular formula is C19H21NO3S. The smallest absolute Gasteiger partial charge is 0.246 e. The summed E-state index contributed by atoms with van der Waals surface area (Å²) in [6.45, 7) is 1.62. The van der Waals surface area contributed by atoms with E-state index in [4.69, 9.17) is 9.47 Å². The highest BCUT2D eigenvalue weighted by Gasteiger charge is 2.26. The van der Waals surface area contributed by atoms with Gasteiger partial charge in [-0.3, -0.25) is 4.79 Å². The van der Waals surface area contributed by atoms with Gasteiger partial charge in [-0.1, -0.05) is 12.1 Å². The number of ether oxygens (including phenoxy) is 2. The van der Waals surface area contributed by atoms with Crippen LogP contribution in [0.5, 0.6) is 11.5 Å². The molecule has 1 aliphatic rings. The molecule has 2 heterocycles. The number of carbonyl (C=O) groups excluding carboxylic acids is 1. The quantitative estimate of drug-likeness (QED) is 0.775.